The van der Waals surface area contributed by atoms with E-state index in [1.165, 1.54) is 19.3 Å². The van der Waals surface area contributed by atoms with Crippen molar-refractivity contribution in [2.24, 2.45) is 11.7 Å². The van der Waals surface area contributed by atoms with Gasteiger partial charge in [-0.2, -0.15) is 0 Å². The topological polar surface area (TPSA) is 26.0 Å². The van der Waals surface area contributed by atoms with Crippen LogP contribution in [0.25, 0.3) is 0 Å². The van der Waals surface area contributed by atoms with Crippen LogP contribution in [0.5, 0.6) is 0 Å². The van der Waals surface area contributed by atoms with Crippen LogP contribution in [-0.2, 0) is 0 Å². The van der Waals surface area contributed by atoms with Crippen LogP contribution in [0.4, 0.5) is 0 Å². The van der Waals surface area contributed by atoms with Crippen molar-refractivity contribution in [2.45, 2.75) is 33.1 Å². The molecule has 1 nitrogen and oxygen atoms in total. The van der Waals surface area contributed by atoms with Crippen molar-refractivity contribution in [3.05, 3.63) is 0 Å². The lowest BCUT2D eigenvalue weighted by Crippen LogP contribution is -1.98. The minimum absolute atomic E-state index is 0. The maximum absolute atomic E-state index is 5.23. The second-order valence-electron chi connectivity index (χ2n) is 2.39. The second kappa shape index (κ2) is 8.25. The van der Waals surface area contributed by atoms with E-state index in [0.29, 0.717) is 0 Å². The molecule has 1 aliphatic carbocycles. The molecule has 1 rings (SSSR count). The van der Waals surface area contributed by atoms with Gasteiger partial charge < -0.3 is 5.73 Å². The van der Waals surface area contributed by atoms with E-state index in [2.05, 4.69) is 13.8 Å². The standard InChI is InChI=1S/C4H9N.C3H8.ClH/c5-3-4-1-2-4;1-3-2;/h4H,1-3,5H2;3H2,1-2H3;1H. The van der Waals surface area contributed by atoms with Crippen molar-refractivity contribution in [1.29, 1.82) is 0 Å². The molecule has 9 heavy (non-hydrogen) atoms. The third-order valence-corrected chi connectivity index (χ3v) is 1.03. The van der Waals surface area contributed by atoms with Crippen molar-refractivity contribution in [3.8, 4) is 0 Å². The third kappa shape index (κ3) is 11.7. The van der Waals surface area contributed by atoms with E-state index in [9.17, 15) is 0 Å². The predicted molar refractivity (Wildman–Crippen MR) is 45.0 cm³/mol. The number of nitrogens with two attached hydrogens (primary N) is 1. The zero-order valence-corrected chi connectivity index (χ0v) is 7.21. The molecule has 0 aromatic carbocycles. The maximum Gasteiger partial charge on any atom is -0.00489 e. The van der Waals surface area contributed by atoms with Crippen LogP contribution >= 0.6 is 12.4 Å². The van der Waals surface area contributed by atoms with Gasteiger partial charge in [-0.05, 0) is 25.3 Å². The van der Waals surface area contributed by atoms with Crippen LogP contribution in [0.15, 0.2) is 0 Å². The van der Waals surface area contributed by atoms with Crippen LogP contribution in [0, 0.1) is 5.92 Å². The first-order valence-corrected chi connectivity index (χ1v) is 3.55. The summed E-state index contributed by atoms with van der Waals surface area (Å²) in [6, 6.07) is 0. The molecule has 0 spiro atoms. The van der Waals surface area contributed by atoms with Crippen molar-refractivity contribution in [2.75, 3.05) is 6.54 Å². The van der Waals surface area contributed by atoms with E-state index in [-0.39, 0.29) is 12.4 Å². The van der Waals surface area contributed by atoms with Crippen molar-refractivity contribution in [1.82, 2.24) is 0 Å². The molecule has 0 radical (unpaired) electrons. The summed E-state index contributed by atoms with van der Waals surface area (Å²) < 4.78 is 0. The quantitative estimate of drug-likeness (QED) is 0.611. The molecule has 0 bridgehead atoms. The van der Waals surface area contributed by atoms with Gasteiger partial charge in [-0.25, -0.2) is 0 Å². The van der Waals surface area contributed by atoms with Gasteiger partial charge in [0.15, 0.2) is 0 Å². The van der Waals surface area contributed by atoms with Gasteiger partial charge in [0.25, 0.3) is 0 Å². The van der Waals surface area contributed by atoms with Gasteiger partial charge in [-0.1, -0.05) is 20.3 Å². The Balaban J connectivity index is 0. The van der Waals surface area contributed by atoms with E-state index < -0.39 is 0 Å². The van der Waals surface area contributed by atoms with E-state index in [0.717, 1.165) is 12.5 Å². The molecule has 2 heteroatoms. The summed E-state index contributed by atoms with van der Waals surface area (Å²) in [5.41, 5.74) is 5.23. The van der Waals surface area contributed by atoms with E-state index in [4.69, 9.17) is 5.73 Å². The van der Waals surface area contributed by atoms with Gasteiger partial charge >= 0.3 is 0 Å². The summed E-state index contributed by atoms with van der Waals surface area (Å²) in [6.07, 6.45) is 4.02. The van der Waals surface area contributed by atoms with Gasteiger partial charge in [0, 0.05) is 0 Å². The molecule has 0 heterocycles. The molecule has 0 aromatic rings. The molecule has 58 valence electrons. The number of rotatable bonds is 1. The lowest BCUT2D eigenvalue weighted by Gasteiger charge is -1.74. The van der Waals surface area contributed by atoms with E-state index in [1.54, 1.807) is 0 Å². The van der Waals surface area contributed by atoms with Crippen molar-refractivity contribution < 1.29 is 0 Å². The fourth-order valence-corrected chi connectivity index (χ4v) is 0.354. The normalized spacial score (nSPS) is 15.0. The Bertz CT molecular complexity index is 44.2. The van der Waals surface area contributed by atoms with Crippen LogP contribution < -0.4 is 5.73 Å². The lowest BCUT2D eigenvalue weighted by atomic mass is 10.5. The Morgan fingerprint density at radius 1 is 1.33 bits per heavy atom. The molecule has 1 saturated carbocycles. The summed E-state index contributed by atoms with van der Waals surface area (Å²) >= 11 is 0. The van der Waals surface area contributed by atoms with Crippen LogP contribution in [0.3, 0.4) is 0 Å². The zero-order valence-electron chi connectivity index (χ0n) is 6.39. The molecule has 0 unspecified atom stereocenters. The second-order valence-corrected chi connectivity index (χ2v) is 2.39. The molecule has 0 saturated heterocycles. The summed E-state index contributed by atoms with van der Waals surface area (Å²) in [4.78, 5) is 0. The lowest BCUT2D eigenvalue weighted by molar-refractivity contribution is 0.847. The third-order valence-electron chi connectivity index (χ3n) is 1.03. The van der Waals surface area contributed by atoms with E-state index >= 15 is 0 Å². The summed E-state index contributed by atoms with van der Waals surface area (Å²) in [7, 11) is 0. The molecule has 0 amide bonds. The Kier molecular flexibility index (Phi) is 11.0. The Labute approximate surface area is 64.4 Å². The Hall–Kier alpha value is 0.250. The highest BCUT2D eigenvalue weighted by atomic mass is 35.5. The largest absolute Gasteiger partial charge is 0.330 e. The zero-order chi connectivity index (χ0) is 6.41. The van der Waals surface area contributed by atoms with Gasteiger partial charge in [0.2, 0.25) is 0 Å². The fourth-order valence-electron chi connectivity index (χ4n) is 0.354. The van der Waals surface area contributed by atoms with Crippen LogP contribution in [0.2, 0.25) is 0 Å². The molecule has 0 aromatic heterocycles. The first kappa shape index (κ1) is 12.0. The summed E-state index contributed by atoms with van der Waals surface area (Å²) in [5, 5.41) is 0. The monoisotopic (exact) mass is 151 g/mol. The summed E-state index contributed by atoms with van der Waals surface area (Å²) in [6.45, 7) is 5.17. The molecule has 0 aliphatic heterocycles. The predicted octanol–water partition coefficient (Wildman–Crippen LogP) is 2.19. The first-order chi connectivity index (χ1) is 3.85. The maximum atomic E-state index is 5.23. The number of halogens is 1. The minimum Gasteiger partial charge on any atom is -0.330 e. The van der Waals surface area contributed by atoms with Crippen molar-refractivity contribution >= 4 is 12.4 Å². The molecular weight excluding hydrogens is 134 g/mol. The minimum atomic E-state index is 0. The molecular formula is C7H18ClN. The Morgan fingerprint density at radius 2 is 1.67 bits per heavy atom. The molecule has 1 fully saturated rings. The van der Waals surface area contributed by atoms with E-state index in [1.807, 2.05) is 0 Å². The van der Waals surface area contributed by atoms with Gasteiger partial charge in [0.05, 0.1) is 0 Å². The summed E-state index contributed by atoms with van der Waals surface area (Å²) in [5.74, 6) is 0.912. The smallest absolute Gasteiger partial charge is 0.00489 e. The highest BCUT2D eigenvalue weighted by Crippen LogP contribution is 2.26. The number of hydrogen-bond donors (Lipinski definition) is 1. The van der Waals surface area contributed by atoms with Crippen LogP contribution in [-0.4, -0.2) is 6.54 Å². The molecule has 1 aliphatic rings. The fraction of sp³-hybridized carbons (Fsp3) is 1.00. The van der Waals surface area contributed by atoms with Gasteiger partial charge in [-0.15, -0.1) is 12.4 Å². The number of hydrogen-bond acceptors (Lipinski definition) is 1. The molecule has 2 N–H and O–H groups in total. The van der Waals surface area contributed by atoms with Crippen LogP contribution in [0.1, 0.15) is 33.1 Å². The van der Waals surface area contributed by atoms with Crippen molar-refractivity contribution in [3.63, 3.8) is 0 Å². The average Bonchev–Trinajstić information content (AvgIpc) is 2.48. The Morgan fingerprint density at radius 3 is 1.67 bits per heavy atom. The highest BCUT2D eigenvalue weighted by Gasteiger charge is 2.17. The van der Waals surface area contributed by atoms with Gasteiger partial charge in [-0.3, -0.25) is 0 Å². The SMILES string of the molecule is CCC.Cl.NCC1CC1. The highest BCUT2D eigenvalue weighted by molar-refractivity contribution is 5.85. The molecule has 0 atom stereocenters. The van der Waals surface area contributed by atoms with Gasteiger partial charge in [0.1, 0.15) is 0 Å². The average molecular weight is 152 g/mol. The first-order valence-electron chi connectivity index (χ1n) is 3.55.